The Morgan fingerprint density at radius 1 is 0.615 bits per heavy atom. The summed E-state index contributed by atoms with van der Waals surface area (Å²) in [5.41, 5.74) is 0. The molecule has 7 nitrogen and oxygen atoms in total. The molecule has 2 N–H and O–H groups in total. The van der Waals surface area contributed by atoms with Gasteiger partial charge in [0.05, 0.1) is 12.5 Å². The first kappa shape index (κ1) is 37.1. The van der Waals surface area contributed by atoms with E-state index in [9.17, 15) is 29.7 Å². The Bertz CT molecular complexity index is 632. The molecule has 0 amide bonds. The number of allylic oxidation sites excluding steroid dienone is 2. The topological polar surface area (TPSA) is 115 Å². The van der Waals surface area contributed by atoms with Crippen LogP contribution in [0.4, 0.5) is 0 Å². The summed E-state index contributed by atoms with van der Waals surface area (Å²) in [6.07, 6.45) is 21.4. The summed E-state index contributed by atoms with van der Waals surface area (Å²) >= 11 is 0. The van der Waals surface area contributed by atoms with Crippen molar-refractivity contribution in [3.63, 3.8) is 0 Å². The molecular weight excluding hydrogens is 494 g/mol. The van der Waals surface area contributed by atoms with Gasteiger partial charge in [0, 0.05) is 19.3 Å². The van der Waals surface area contributed by atoms with Crippen molar-refractivity contribution in [2.24, 2.45) is 0 Å². The molecule has 0 fully saturated rings. The van der Waals surface area contributed by atoms with E-state index < -0.39 is 40.5 Å². The molecule has 0 spiro atoms. The zero-order valence-corrected chi connectivity index (χ0v) is 25.5. The zero-order chi connectivity index (χ0) is 29.5. The van der Waals surface area contributed by atoms with Crippen molar-refractivity contribution in [2.45, 2.75) is 168 Å². The lowest BCUT2D eigenvalue weighted by atomic mass is 9.91. The lowest BCUT2D eigenvalue weighted by Gasteiger charge is -2.52. The summed E-state index contributed by atoms with van der Waals surface area (Å²) in [4.78, 5) is 37.5. The number of nitrogens with zero attached hydrogens (tertiary/aromatic N) is 1. The van der Waals surface area contributed by atoms with Gasteiger partial charge in [0.25, 0.3) is 0 Å². The maximum Gasteiger partial charge on any atom is 0.362 e. The summed E-state index contributed by atoms with van der Waals surface area (Å²) in [7, 11) is 0. The van der Waals surface area contributed by atoms with E-state index in [1.165, 1.54) is 44.9 Å². The Balaban J connectivity index is 5.19. The first-order chi connectivity index (χ1) is 18.7. The lowest BCUT2D eigenvalue weighted by Crippen LogP contribution is -2.74. The smallest absolute Gasteiger partial charge is 0.362 e. The fourth-order valence-corrected chi connectivity index (χ4v) is 6.16. The van der Waals surface area contributed by atoms with Crippen LogP contribution < -0.4 is 5.11 Å². The number of aliphatic carboxylic acids is 3. The van der Waals surface area contributed by atoms with Gasteiger partial charge in [-0.25, -0.2) is 9.59 Å². The van der Waals surface area contributed by atoms with E-state index in [1.54, 1.807) is 0 Å². The lowest BCUT2D eigenvalue weighted by molar-refractivity contribution is -0.975. The third-order valence-electron chi connectivity index (χ3n) is 8.09. The number of hydrogen-bond donors (Lipinski definition) is 2. The molecule has 0 bridgehead atoms. The Morgan fingerprint density at radius 2 is 1.00 bits per heavy atom. The van der Waals surface area contributed by atoms with Crippen molar-refractivity contribution in [3.05, 3.63) is 12.2 Å². The van der Waals surface area contributed by atoms with Gasteiger partial charge in [-0.05, 0) is 44.9 Å². The van der Waals surface area contributed by atoms with E-state index in [1.807, 2.05) is 20.8 Å². The Hall–Kier alpha value is -1.89. The molecule has 0 saturated heterocycles. The molecule has 228 valence electrons. The summed E-state index contributed by atoms with van der Waals surface area (Å²) in [6.45, 7) is 7.96. The van der Waals surface area contributed by atoms with E-state index in [0.29, 0.717) is 25.7 Å². The van der Waals surface area contributed by atoms with Gasteiger partial charge in [-0.15, -0.1) is 0 Å². The zero-order valence-electron chi connectivity index (χ0n) is 25.5. The van der Waals surface area contributed by atoms with Crippen molar-refractivity contribution >= 4 is 17.9 Å². The molecule has 7 heteroatoms. The van der Waals surface area contributed by atoms with Gasteiger partial charge in [0.15, 0.2) is 12.1 Å². The molecule has 0 radical (unpaired) electrons. The molecule has 39 heavy (non-hydrogen) atoms. The van der Waals surface area contributed by atoms with Crippen LogP contribution in [0, 0.1) is 0 Å². The van der Waals surface area contributed by atoms with Crippen molar-refractivity contribution in [2.75, 3.05) is 6.54 Å². The monoisotopic (exact) mass is 553 g/mol. The Kier molecular flexibility index (Phi) is 21.8. The minimum Gasteiger partial charge on any atom is -0.544 e. The van der Waals surface area contributed by atoms with Gasteiger partial charge in [0.2, 0.25) is 0 Å². The van der Waals surface area contributed by atoms with Crippen LogP contribution in [0.3, 0.4) is 0 Å². The molecule has 0 aliphatic carbocycles. The molecule has 0 aliphatic rings. The molecular formula is C32H59NO6. The predicted molar refractivity (Wildman–Crippen MR) is 156 cm³/mol. The predicted octanol–water partition coefficient (Wildman–Crippen LogP) is 6.88. The second-order valence-electron chi connectivity index (χ2n) is 11.2. The number of unbranched alkanes of at least 4 members (excludes halogenated alkanes) is 11. The highest BCUT2D eigenvalue weighted by Gasteiger charge is 2.54. The molecule has 0 saturated carbocycles. The van der Waals surface area contributed by atoms with Gasteiger partial charge >= 0.3 is 11.9 Å². The number of carboxylic acids is 3. The van der Waals surface area contributed by atoms with Gasteiger partial charge in [-0.3, -0.25) is 4.48 Å². The molecule has 0 aromatic heterocycles. The van der Waals surface area contributed by atoms with Crippen LogP contribution >= 0.6 is 0 Å². The van der Waals surface area contributed by atoms with Crippen LogP contribution in [0.1, 0.15) is 150 Å². The van der Waals surface area contributed by atoms with Gasteiger partial charge in [-0.2, -0.15) is 0 Å². The normalized spacial score (nSPS) is 15.6. The quantitative estimate of drug-likeness (QED) is 0.0651. The maximum absolute atomic E-state index is 12.5. The Labute approximate surface area is 238 Å². The van der Waals surface area contributed by atoms with Crippen LogP contribution in [-0.2, 0) is 14.4 Å². The number of quaternary nitrogens is 1. The molecule has 0 aromatic rings. The molecule has 3 atom stereocenters. The first-order valence-corrected chi connectivity index (χ1v) is 15.9. The molecule has 0 rings (SSSR count). The van der Waals surface area contributed by atoms with Crippen LogP contribution in [0.5, 0.6) is 0 Å². The summed E-state index contributed by atoms with van der Waals surface area (Å²) in [5.74, 6) is -3.56. The van der Waals surface area contributed by atoms with Crippen molar-refractivity contribution in [1.29, 1.82) is 0 Å². The fourth-order valence-electron chi connectivity index (χ4n) is 6.16. The second kappa shape index (κ2) is 22.9. The standard InChI is InChI=1S/C32H59NO6/c1-5-9-10-11-12-13-14-15-16-17-18-19-20-21-22-26-33(27(23-6-2)30(34)35,28(24-7-3)31(36)37)29(25-8-4)32(38)39/h9-10,27-29H,5-8,11-26H2,1-4H3,(H2-,34,35,36,37,38,39)/b10-9+. The Morgan fingerprint density at radius 3 is 1.36 bits per heavy atom. The third kappa shape index (κ3) is 13.8. The number of hydrogen-bond acceptors (Lipinski definition) is 4. The van der Waals surface area contributed by atoms with Gasteiger partial charge in [0.1, 0.15) is 6.04 Å². The van der Waals surface area contributed by atoms with Crippen LogP contribution in [0.25, 0.3) is 0 Å². The van der Waals surface area contributed by atoms with E-state index >= 15 is 0 Å². The molecule has 0 heterocycles. The summed E-state index contributed by atoms with van der Waals surface area (Å²) in [6, 6.07) is -3.32. The molecule has 0 aromatic carbocycles. The van der Waals surface area contributed by atoms with Crippen LogP contribution in [0.2, 0.25) is 0 Å². The average Bonchev–Trinajstić information content (AvgIpc) is 2.89. The van der Waals surface area contributed by atoms with Crippen LogP contribution in [-0.4, -0.2) is 57.3 Å². The first-order valence-electron chi connectivity index (χ1n) is 15.9. The van der Waals surface area contributed by atoms with E-state index in [0.717, 1.165) is 32.1 Å². The van der Waals surface area contributed by atoms with Crippen LogP contribution in [0.15, 0.2) is 12.2 Å². The minimum atomic E-state index is -1.33. The van der Waals surface area contributed by atoms with Crippen molar-refractivity contribution < 1.29 is 34.2 Å². The highest BCUT2D eigenvalue weighted by Crippen LogP contribution is 2.34. The highest BCUT2D eigenvalue weighted by molar-refractivity contribution is 5.77. The van der Waals surface area contributed by atoms with E-state index in [4.69, 9.17) is 0 Å². The SMILES string of the molecule is CC/C=C/CCCCCCCCCCCCC[N+](C(CCC)C(=O)[O-])(C(CCC)C(=O)O)C(CCC)C(=O)O. The summed E-state index contributed by atoms with van der Waals surface area (Å²) < 4.78 is -0.434. The number of carbonyl (C=O) groups excluding carboxylic acids is 1. The van der Waals surface area contributed by atoms with Gasteiger partial charge < -0.3 is 20.1 Å². The molecule has 0 aliphatic heterocycles. The number of carbonyl (C=O) groups is 3. The highest BCUT2D eigenvalue weighted by atomic mass is 16.4. The summed E-state index contributed by atoms with van der Waals surface area (Å²) in [5, 5.41) is 32.9. The maximum atomic E-state index is 12.5. The number of carboxylic acid groups (broad SMARTS) is 3. The fraction of sp³-hybridized carbons (Fsp3) is 0.844. The van der Waals surface area contributed by atoms with Gasteiger partial charge in [-0.1, -0.05) is 97.6 Å². The van der Waals surface area contributed by atoms with Crippen molar-refractivity contribution in [3.8, 4) is 0 Å². The van der Waals surface area contributed by atoms with E-state index in [2.05, 4.69) is 19.1 Å². The molecule has 3 unspecified atom stereocenters. The minimum absolute atomic E-state index is 0.207. The number of rotatable bonds is 27. The second-order valence-corrected chi connectivity index (χ2v) is 11.2. The third-order valence-corrected chi connectivity index (χ3v) is 8.09. The average molecular weight is 554 g/mol. The largest absolute Gasteiger partial charge is 0.544 e. The van der Waals surface area contributed by atoms with Crippen molar-refractivity contribution in [1.82, 2.24) is 0 Å². The van der Waals surface area contributed by atoms with E-state index in [-0.39, 0.29) is 25.8 Å².